The highest BCUT2D eigenvalue weighted by molar-refractivity contribution is 5.17. The topological polar surface area (TPSA) is 29.5 Å². The average Bonchev–Trinajstić information content (AvgIpc) is 2.58. The summed E-state index contributed by atoms with van der Waals surface area (Å²) in [4.78, 5) is 0. The van der Waals surface area contributed by atoms with E-state index in [4.69, 9.17) is 4.74 Å². The minimum atomic E-state index is -0.568. The SMILES string of the molecule is C=C[C@H](Cc1ccccc1)[C@@H](O)[C@H](C)OCc1ccccc1. The van der Waals surface area contributed by atoms with Gasteiger partial charge < -0.3 is 9.84 Å². The summed E-state index contributed by atoms with van der Waals surface area (Å²) in [6.45, 7) is 6.28. The fourth-order valence-corrected chi connectivity index (χ4v) is 2.48. The number of ether oxygens (including phenoxy) is 1. The van der Waals surface area contributed by atoms with Crippen LogP contribution in [0.2, 0.25) is 0 Å². The molecule has 0 spiro atoms. The normalized spacial score (nSPS) is 15.0. The molecule has 0 unspecified atom stereocenters. The largest absolute Gasteiger partial charge is 0.390 e. The minimum Gasteiger partial charge on any atom is -0.390 e. The Labute approximate surface area is 133 Å². The molecule has 0 saturated heterocycles. The Morgan fingerprint density at radius 1 is 1.00 bits per heavy atom. The summed E-state index contributed by atoms with van der Waals surface area (Å²) in [6.07, 6.45) is 1.78. The van der Waals surface area contributed by atoms with Gasteiger partial charge in [-0.05, 0) is 24.5 Å². The van der Waals surface area contributed by atoms with Crippen LogP contribution in [0.5, 0.6) is 0 Å². The summed E-state index contributed by atoms with van der Waals surface area (Å²) in [6, 6.07) is 20.2. The summed E-state index contributed by atoms with van der Waals surface area (Å²) in [5.74, 6) is -0.0202. The molecule has 0 bridgehead atoms. The third kappa shape index (κ3) is 4.83. The molecule has 2 heteroatoms. The molecule has 0 saturated carbocycles. The third-order valence-corrected chi connectivity index (χ3v) is 3.89. The lowest BCUT2D eigenvalue weighted by Crippen LogP contribution is -2.33. The molecule has 3 atom stereocenters. The van der Waals surface area contributed by atoms with Gasteiger partial charge in [-0.1, -0.05) is 66.7 Å². The standard InChI is InChI=1S/C20H24O2/c1-3-19(14-17-10-6-4-7-11-17)20(21)16(2)22-15-18-12-8-5-9-13-18/h3-13,16,19-21H,1,14-15H2,2H3/t16-,19+,20-/m0/s1. The van der Waals surface area contributed by atoms with Crippen LogP contribution in [0, 0.1) is 5.92 Å². The van der Waals surface area contributed by atoms with Gasteiger partial charge in [0.2, 0.25) is 0 Å². The first-order valence-electron chi connectivity index (χ1n) is 7.70. The van der Waals surface area contributed by atoms with Gasteiger partial charge in [0.1, 0.15) is 0 Å². The van der Waals surface area contributed by atoms with E-state index in [1.54, 1.807) is 0 Å². The van der Waals surface area contributed by atoms with Gasteiger partial charge in [-0.3, -0.25) is 0 Å². The zero-order valence-corrected chi connectivity index (χ0v) is 13.1. The van der Waals surface area contributed by atoms with Gasteiger partial charge in [-0.2, -0.15) is 0 Å². The van der Waals surface area contributed by atoms with E-state index in [0.717, 1.165) is 12.0 Å². The number of benzene rings is 2. The van der Waals surface area contributed by atoms with E-state index in [-0.39, 0.29) is 12.0 Å². The Morgan fingerprint density at radius 3 is 2.09 bits per heavy atom. The van der Waals surface area contributed by atoms with Crippen LogP contribution in [0.4, 0.5) is 0 Å². The van der Waals surface area contributed by atoms with Gasteiger partial charge in [-0.15, -0.1) is 6.58 Å². The molecule has 2 aromatic carbocycles. The van der Waals surface area contributed by atoms with Gasteiger partial charge in [0.15, 0.2) is 0 Å². The molecule has 0 aromatic heterocycles. The summed E-state index contributed by atoms with van der Waals surface area (Å²) < 4.78 is 5.81. The Kier molecular flexibility index (Phi) is 6.38. The lowest BCUT2D eigenvalue weighted by atomic mass is 9.91. The van der Waals surface area contributed by atoms with E-state index < -0.39 is 6.10 Å². The average molecular weight is 296 g/mol. The smallest absolute Gasteiger partial charge is 0.0864 e. The molecule has 2 rings (SSSR count). The van der Waals surface area contributed by atoms with E-state index in [1.165, 1.54) is 5.56 Å². The Hall–Kier alpha value is -1.90. The van der Waals surface area contributed by atoms with Crippen molar-refractivity contribution in [2.75, 3.05) is 0 Å². The molecule has 0 fully saturated rings. The molecule has 2 nitrogen and oxygen atoms in total. The molecule has 116 valence electrons. The van der Waals surface area contributed by atoms with Crippen molar-refractivity contribution in [3.05, 3.63) is 84.4 Å². The summed E-state index contributed by atoms with van der Waals surface area (Å²) in [5.41, 5.74) is 2.31. The van der Waals surface area contributed by atoms with Crippen LogP contribution in [0.1, 0.15) is 18.1 Å². The first kappa shape index (κ1) is 16.5. The van der Waals surface area contributed by atoms with Crippen molar-refractivity contribution in [2.24, 2.45) is 5.92 Å². The fraction of sp³-hybridized carbons (Fsp3) is 0.300. The van der Waals surface area contributed by atoms with Gasteiger partial charge in [0, 0.05) is 5.92 Å². The highest BCUT2D eigenvalue weighted by atomic mass is 16.5. The van der Waals surface area contributed by atoms with Crippen LogP contribution >= 0.6 is 0 Å². The van der Waals surface area contributed by atoms with Crippen molar-refractivity contribution < 1.29 is 9.84 Å². The predicted molar refractivity (Wildman–Crippen MR) is 90.5 cm³/mol. The van der Waals surface area contributed by atoms with Gasteiger partial charge >= 0.3 is 0 Å². The fourth-order valence-electron chi connectivity index (χ4n) is 2.48. The van der Waals surface area contributed by atoms with Crippen molar-refractivity contribution in [2.45, 2.75) is 32.2 Å². The lowest BCUT2D eigenvalue weighted by molar-refractivity contribution is -0.0513. The Balaban J connectivity index is 1.90. The molecular formula is C20H24O2. The molecule has 0 aliphatic rings. The maximum absolute atomic E-state index is 10.5. The van der Waals surface area contributed by atoms with Crippen molar-refractivity contribution >= 4 is 0 Å². The Morgan fingerprint density at radius 2 is 1.55 bits per heavy atom. The number of hydrogen-bond acceptors (Lipinski definition) is 2. The molecule has 2 aromatic rings. The third-order valence-electron chi connectivity index (χ3n) is 3.89. The number of aliphatic hydroxyl groups excluding tert-OH is 1. The second-order valence-electron chi connectivity index (χ2n) is 5.58. The lowest BCUT2D eigenvalue weighted by Gasteiger charge is -2.26. The van der Waals surface area contributed by atoms with Gasteiger partial charge in [0.25, 0.3) is 0 Å². The van der Waals surface area contributed by atoms with E-state index in [9.17, 15) is 5.11 Å². The zero-order valence-electron chi connectivity index (χ0n) is 13.1. The van der Waals surface area contributed by atoms with Crippen LogP contribution in [-0.4, -0.2) is 17.3 Å². The molecule has 0 heterocycles. The van der Waals surface area contributed by atoms with Gasteiger partial charge in [0.05, 0.1) is 18.8 Å². The highest BCUT2D eigenvalue weighted by Gasteiger charge is 2.23. The summed E-state index contributed by atoms with van der Waals surface area (Å²) >= 11 is 0. The van der Waals surface area contributed by atoms with E-state index in [2.05, 4.69) is 18.7 Å². The molecule has 0 amide bonds. The summed E-state index contributed by atoms with van der Waals surface area (Å²) in [5, 5.41) is 10.5. The maximum Gasteiger partial charge on any atom is 0.0864 e. The quantitative estimate of drug-likeness (QED) is 0.746. The molecule has 0 radical (unpaired) electrons. The van der Waals surface area contributed by atoms with E-state index in [0.29, 0.717) is 6.61 Å². The van der Waals surface area contributed by atoms with Crippen LogP contribution in [-0.2, 0) is 17.8 Å². The second-order valence-corrected chi connectivity index (χ2v) is 5.58. The summed E-state index contributed by atoms with van der Waals surface area (Å²) in [7, 11) is 0. The molecule has 0 aliphatic carbocycles. The zero-order chi connectivity index (χ0) is 15.8. The maximum atomic E-state index is 10.5. The van der Waals surface area contributed by atoms with Crippen LogP contribution in [0.3, 0.4) is 0 Å². The van der Waals surface area contributed by atoms with Gasteiger partial charge in [-0.25, -0.2) is 0 Å². The molecule has 0 aliphatic heterocycles. The second kappa shape index (κ2) is 8.52. The number of aliphatic hydroxyl groups is 1. The van der Waals surface area contributed by atoms with Crippen molar-refractivity contribution in [3.63, 3.8) is 0 Å². The monoisotopic (exact) mass is 296 g/mol. The first-order valence-corrected chi connectivity index (χ1v) is 7.70. The molecule has 1 N–H and O–H groups in total. The molecule has 22 heavy (non-hydrogen) atoms. The number of rotatable bonds is 8. The van der Waals surface area contributed by atoms with E-state index >= 15 is 0 Å². The highest BCUT2D eigenvalue weighted by Crippen LogP contribution is 2.18. The van der Waals surface area contributed by atoms with Crippen LogP contribution in [0.15, 0.2) is 73.3 Å². The van der Waals surface area contributed by atoms with Crippen molar-refractivity contribution in [3.8, 4) is 0 Å². The number of hydrogen-bond donors (Lipinski definition) is 1. The van der Waals surface area contributed by atoms with Crippen LogP contribution in [0.25, 0.3) is 0 Å². The first-order chi connectivity index (χ1) is 10.7. The van der Waals surface area contributed by atoms with E-state index in [1.807, 2.05) is 61.5 Å². The predicted octanol–water partition coefficient (Wildman–Crippen LogP) is 4.00. The minimum absolute atomic E-state index is 0.0202. The molecular weight excluding hydrogens is 272 g/mol. The van der Waals surface area contributed by atoms with Crippen molar-refractivity contribution in [1.29, 1.82) is 0 Å². The van der Waals surface area contributed by atoms with Crippen LogP contribution < -0.4 is 0 Å². The Bertz CT molecular complexity index is 550. The van der Waals surface area contributed by atoms with Crippen molar-refractivity contribution in [1.82, 2.24) is 0 Å².